The number of carboxylic acids is 1. The van der Waals surface area contributed by atoms with E-state index >= 15 is 0 Å². The van der Waals surface area contributed by atoms with Crippen LogP contribution >= 0.6 is 11.6 Å². The molecule has 154 valence electrons. The van der Waals surface area contributed by atoms with E-state index in [4.69, 9.17) is 16.7 Å². The highest BCUT2D eigenvalue weighted by atomic mass is 35.5. The van der Waals surface area contributed by atoms with E-state index in [9.17, 15) is 13.2 Å². The van der Waals surface area contributed by atoms with Crippen molar-refractivity contribution >= 4 is 33.7 Å². The molecule has 0 radical (unpaired) electrons. The molecular formula is C21H28ClNO4S. The number of hydrogen-bond acceptors (Lipinski definition) is 3. The molecule has 0 amide bonds. The van der Waals surface area contributed by atoms with Gasteiger partial charge in [-0.15, -0.1) is 0 Å². The summed E-state index contributed by atoms with van der Waals surface area (Å²) in [5, 5.41) is 10.4. The van der Waals surface area contributed by atoms with Crippen LogP contribution in [0.4, 0.5) is 0 Å². The smallest absolute Gasteiger partial charge is 0.303 e. The molecule has 28 heavy (non-hydrogen) atoms. The zero-order chi connectivity index (χ0) is 20.4. The van der Waals surface area contributed by atoms with Crippen LogP contribution < -0.4 is 4.72 Å². The third-order valence-corrected chi connectivity index (χ3v) is 6.24. The van der Waals surface area contributed by atoms with Gasteiger partial charge in [0, 0.05) is 22.9 Å². The normalized spacial score (nSPS) is 20.8. The number of aliphatic carboxylic acids is 1. The van der Waals surface area contributed by atoms with Gasteiger partial charge < -0.3 is 5.11 Å². The molecular weight excluding hydrogens is 398 g/mol. The predicted molar refractivity (Wildman–Crippen MR) is 114 cm³/mol. The number of benzene rings is 1. The second-order valence-electron chi connectivity index (χ2n) is 7.16. The first-order valence-electron chi connectivity index (χ1n) is 9.68. The number of carboxylic acid groups (broad SMARTS) is 1. The molecule has 1 aliphatic rings. The van der Waals surface area contributed by atoms with Gasteiger partial charge in [0.05, 0.1) is 0 Å². The van der Waals surface area contributed by atoms with Gasteiger partial charge in [-0.3, -0.25) is 4.79 Å². The van der Waals surface area contributed by atoms with Gasteiger partial charge in [0.1, 0.15) is 0 Å². The van der Waals surface area contributed by atoms with Crippen LogP contribution in [0.5, 0.6) is 0 Å². The fraction of sp³-hybridized carbons (Fsp3) is 0.476. The first kappa shape index (κ1) is 22.7. The molecule has 0 bridgehead atoms. The number of allylic oxidation sites excluding steroid dienone is 2. The van der Waals surface area contributed by atoms with E-state index in [0.29, 0.717) is 11.4 Å². The summed E-state index contributed by atoms with van der Waals surface area (Å²) in [7, 11) is -3.54. The Labute approximate surface area is 172 Å². The van der Waals surface area contributed by atoms with Gasteiger partial charge in [0.25, 0.3) is 0 Å². The molecule has 1 aromatic carbocycles. The van der Waals surface area contributed by atoms with E-state index < -0.39 is 16.0 Å². The van der Waals surface area contributed by atoms with Crippen molar-refractivity contribution in [2.75, 3.05) is 0 Å². The molecule has 2 unspecified atom stereocenters. The summed E-state index contributed by atoms with van der Waals surface area (Å²) < 4.78 is 27.8. The zero-order valence-corrected chi connectivity index (χ0v) is 17.5. The molecule has 0 spiro atoms. The fourth-order valence-corrected chi connectivity index (χ4v) is 4.78. The van der Waals surface area contributed by atoms with Crippen LogP contribution in [-0.4, -0.2) is 25.5 Å². The Bertz CT molecular complexity index is 804. The summed E-state index contributed by atoms with van der Waals surface area (Å²) in [5.74, 6) is -0.514. The molecule has 1 fully saturated rings. The summed E-state index contributed by atoms with van der Waals surface area (Å²) in [6, 6.07) is 6.96. The van der Waals surface area contributed by atoms with Crippen molar-refractivity contribution in [2.45, 2.75) is 57.4 Å². The maximum Gasteiger partial charge on any atom is 0.303 e. The average Bonchev–Trinajstić information content (AvgIpc) is 2.64. The van der Waals surface area contributed by atoms with Crippen LogP contribution in [-0.2, 0) is 14.8 Å². The number of sulfonamides is 1. The lowest BCUT2D eigenvalue weighted by atomic mass is 9.83. The number of hydrogen-bond donors (Lipinski definition) is 2. The largest absolute Gasteiger partial charge is 0.481 e. The number of unbranched alkanes of at least 4 members (excludes halogenated alkanes) is 1. The van der Waals surface area contributed by atoms with E-state index in [1.807, 2.05) is 6.08 Å². The monoisotopic (exact) mass is 425 g/mol. The van der Waals surface area contributed by atoms with Crippen LogP contribution in [0.1, 0.15) is 56.9 Å². The Morgan fingerprint density at radius 1 is 1.25 bits per heavy atom. The second-order valence-corrected chi connectivity index (χ2v) is 9.20. The van der Waals surface area contributed by atoms with E-state index in [2.05, 4.69) is 10.8 Å². The minimum absolute atomic E-state index is 0.0774. The number of rotatable bonds is 10. The van der Waals surface area contributed by atoms with Crippen molar-refractivity contribution in [1.29, 1.82) is 0 Å². The maximum absolute atomic E-state index is 12.5. The zero-order valence-electron chi connectivity index (χ0n) is 15.9. The molecule has 1 aromatic rings. The Morgan fingerprint density at radius 3 is 2.79 bits per heavy atom. The minimum Gasteiger partial charge on any atom is -0.481 e. The lowest BCUT2D eigenvalue weighted by Gasteiger charge is -2.31. The quantitative estimate of drug-likeness (QED) is 0.408. The van der Waals surface area contributed by atoms with Gasteiger partial charge in [-0.25, -0.2) is 13.1 Å². The maximum atomic E-state index is 12.5. The van der Waals surface area contributed by atoms with Crippen molar-refractivity contribution in [1.82, 2.24) is 4.72 Å². The third kappa shape index (κ3) is 8.59. The summed E-state index contributed by atoms with van der Waals surface area (Å²) in [6.45, 7) is 0. The van der Waals surface area contributed by atoms with E-state index in [1.165, 1.54) is 5.41 Å². The highest BCUT2D eigenvalue weighted by Gasteiger charge is 2.27. The third-order valence-electron chi connectivity index (χ3n) is 4.88. The number of carbonyl (C=O) groups is 1. The molecule has 2 rings (SSSR count). The van der Waals surface area contributed by atoms with E-state index in [0.717, 1.165) is 44.1 Å². The molecule has 1 aliphatic carbocycles. The average molecular weight is 426 g/mol. The molecule has 2 N–H and O–H groups in total. The Balaban J connectivity index is 1.89. The topological polar surface area (TPSA) is 83.5 Å². The first-order chi connectivity index (χ1) is 13.4. The summed E-state index contributed by atoms with van der Waals surface area (Å²) in [5.41, 5.74) is 0.738. The van der Waals surface area contributed by atoms with Gasteiger partial charge in [-0.05, 0) is 61.8 Å². The molecule has 7 heteroatoms. The van der Waals surface area contributed by atoms with E-state index in [-0.39, 0.29) is 18.4 Å². The van der Waals surface area contributed by atoms with Crippen LogP contribution in [0.2, 0.25) is 5.02 Å². The molecule has 0 aliphatic heterocycles. The first-order valence-corrected chi connectivity index (χ1v) is 11.6. The lowest BCUT2D eigenvalue weighted by molar-refractivity contribution is -0.137. The van der Waals surface area contributed by atoms with Gasteiger partial charge >= 0.3 is 5.97 Å². The van der Waals surface area contributed by atoms with E-state index in [1.54, 1.807) is 30.3 Å². The fourth-order valence-electron chi connectivity index (χ4n) is 3.43. The number of nitrogens with one attached hydrogen (secondary N) is 1. The van der Waals surface area contributed by atoms with Crippen LogP contribution in [0.25, 0.3) is 6.08 Å². The van der Waals surface area contributed by atoms with Crippen LogP contribution in [0, 0.1) is 5.92 Å². The van der Waals surface area contributed by atoms with Crippen LogP contribution in [0.3, 0.4) is 0 Å². The summed E-state index contributed by atoms with van der Waals surface area (Å²) in [4.78, 5) is 10.5. The minimum atomic E-state index is -3.54. The van der Waals surface area contributed by atoms with Gasteiger partial charge in [-0.1, -0.05) is 48.7 Å². The molecule has 5 nitrogen and oxygen atoms in total. The molecule has 2 atom stereocenters. The van der Waals surface area contributed by atoms with Crippen molar-refractivity contribution in [3.63, 3.8) is 0 Å². The second kappa shape index (κ2) is 11.4. The molecule has 1 saturated carbocycles. The van der Waals surface area contributed by atoms with Crippen molar-refractivity contribution in [3.8, 4) is 0 Å². The Hall–Kier alpha value is -1.63. The van der Waals surface area contributed by atoms with Gasteiger partial charge in [-0.2, -0.15) is 0 Å². The molecule has 0 heterocycles. The molecule has 0 aromatic heterocycles. The van der Waals surface area contributed by atoms with Gasteiger partial charge in [0.15, 0.2) is 0 Å². The SMILES string of the molecule is O=C(O)CCC/C=C/CC1CCCCC1NS(=O)(=O)/C=C/c1cccc(Cl)c1. The van der Waals surface area contributed by atoms with Crippen molar-refractivity contribution in [2.24, 2.45) is 5.92 Å². The summed E-state index contributed by atoms with van der Waals surface area (Å²) in [6.07, 6.45) is 11.9. The highest BCUT2D eigenvalue weighted by molar-refractivity contribution is 7.92. The van der Waals surface area contributed by atoms with Crippen molar-refractivity contribution in [3.05, 3.63) is 52.4 Å². The highest BCUT2D eigenvalue weighted by Crippen LogP contribution is 2.28. The predicted octanol–water partition coefficient (Wildman–Crippen LogP) is 4.99. The lowest BCUT2D eigenvalue weighted by Crippen LogP contribution is -2.41. The summed E-state index contributed by atoms with van der Waals surface area (Å²) >= 11 is 5.93. The standard InChI is InChI=1S/C21H28ClNO4S/c22-19-11-7-8-17(16-19)14-15-28(26,27)23-20-12-6-5-10-18(20)9-3-1-2-4-13-21(24)25/h1,3,7-8,11,14-16,18,20,23H,2,4-6,9-10,12-13H2,(H,24,25)/b3-1+,15-14+. The van der Waals surface area contributed by atoms with Gasteiger partial charge in [0.2, 0.25) is 10.0 Å². The molecule has 0 saturated heterocycles. The Morgan fingerprint density at radius 2 is 2.04 bits per heavy atom. The number of halogens is 1. The van der Waals surface area contributed by atoms with Crippen molar-refractivity contribution < 1.29 is 18.3 Å². The van der Waals surface area contributed by atoms with Crippen LogP contribution in [0.15, 0.2) is 41.8 Å². The Kier molecular flexibility index (Phi) is 9.22.